The van der Waals surface area contributed by atoms with E-state index in [2.05, 4.69) is 5.32 Å². The lowest BCUT2D eigenvalue weighted by Gasteiger charge is -2.27. The number of nitrogens with zero attached hydrogens (tertiary/aromatic N) is 2. The van der Waals surface area contributed by atoms with Crippen LogP contribution in [-0.2, 0) is 9.53 Å². The van der Waals surface area contributed by atoms with E-state index in [0.717, 1.165) is 6.54 Å². The molecule has 1 rings (SSSR count). The molecule has 6 nitrogen and oxygen atoms in total. The van der Waals surface area contributed by atoms with Crippen LogP contribution in [0.5, 0.6) is 0 Å². The van der Waals surface area contributed by atoms with Gasteiger partial charge in [0.1, 0.15) is 0 Å². The van der Waals surface area contributed by atoms with E-state index in [1.165, 1.54) is 0 Å². The van der Waals surface area contributed by atoms with Crippen molar-refractivity contribution >= 4 is 12.0 Å². The van der Waals surface area contributed by atoms with Crippen molar-refractivity contribution in [3.05, 3.63) is 0 Å². The molecule has 0 aromatic carbocycles. The van der Waals surface area contributed by atoms with Crippen LogP contribution in [0.25, 0.3) is 0 Å². The summed E-state index contributed by atoms with van der Waals surface area (Å²) in [7, 11) is 0. The molecule has 1 fully saturated rings. The molecule has 0 atom stereocenters. The van der Waals surface area contributed by atoms with Crippen molar-refractivity contribution in [2.45, 2.75) is 26.8 Å². The first-order valence-electron chi connectivity index (χ1n) is 6.47. The molecule has 0 spiro atoms. The third kappa shape index (κ3) is 4.52. The molecule has 0 radical (unpaired) electrons. The molecule has 18 heavy (non-hydrogen) atoms. The number of amides is 2. The van der Waals surface area contributed by atoms with Gasteiger partial charge >= 0.3 is 12.0 Å². The quantitative estimate of drug-likeness (QED) is 0.666. The number of hydrogen-bond donors (Lipinski definition) is 1. The molecule has 0 bridgehead atoms. The molecule has 0 saturated carbocycles. The summed E-state index contributed by atoms with van der Waals surface area (Å²) in [5.41, 5.74) is 0. The molecule has 1 heterocycles. The SMILES string of the molecule is CCOC(=O)CN(CCN1CCNC1=O)C(C)C. The lowest BCUT2D eigenvalue weighted by molar-refractivity contribution is -0.144. The minimum absolute atomic E-state index is 0.0187. The topological polar surface area (TPSA) is 61.9 Å². The van der Waals surface area contributed by atoms with E-state index in [4.69, 9.17) is 4.74 Å². The lowest BCUT2D eigenvalue weighted by atomic mass is 10.3. The van der Waals surface area contributed by atoms with Crippen molar-refractivity contribution in [3.8, 4) is 0 Å². The van der Waals surface area contributed by atoms with Gasteiger partial charge in [0.2, 0.25) is 0 Å². The molecule has 1 saturated heterocycles. The molecular formula is C12H23N3O3. The Kier molecular flexibility index (Phi) is 5.91. The fourth-order valence-corrected chi connectivity index (χ4v) is 1.87. The Morgan fingerprint density at radius 1 is 1.56 bits per heavy atom. The number of esters is 1. The van der Waals surface area contributed by atoms with E-state index < -0.39 is 0 Å². The van der Waals surface area contributed by atoms with Crippen LogP contribution in [0.3, 0.4) is 0 Å². The summed E-state index contributed by atoms with van der Waals surface area (Å²) in [4.78, 5) is 26.6. The van der Waals surface area contributed by atoms with Gasteiger partial charge in [-0.05, 0) is 20.8 Å². The van der Waals surface area contributed by atoms with Crippen LogP contribution in [0.15, 0.2) is 0 Å². The van der Waals surface area contributed by atoms with Crippen molar-refractivity contribution in [3.63, 3.8) is 0 Å². The second-order valence-electron chi connectivity index (χ2n) is 4.59. The number of nitrogens with one attached hydrogen (secondary N) is 1. The van der Waals surface area contributed by atoms with E-state index in [9.17, 15) is 9.59 Å². The number of hydrogen-bond acceptors (Lipinski definition) is 4. The Labute approximate surface area is 108 Å². The average molecular weight is 257 g/mol. The highest BCUT2D eigenvalue weighted by molar-refractivity contribution is 5.76. The molecule has 0 aromatic heterocycles. The van der Waals surface area contributed by atoms with E-state index in [-0.39, 0.29) is 24.6 Å². The smallest absolute Gasteiger partial charge is 0.320 e. The molecule has 2 amide bonds. The summed E-state index contributed by atoms with van der Waals surface area (Å²) in [6, 6.07) is 0.231. The van der Waals surface area contributed by atoms with E-state index in [1.807, 2.05) is 18.7 Å². The molecule has 0 aromatic rings. The van der Waals surface area contributed by atoms with E-state index >= 15 is 0 Å². The highest BCUT2D eigenvalue weighted by Crippen LogP contribution is 2.02. The van der Waals surface area contributed by atoms with E-state index in [0.29, 0.717) is 26.2 Å². The summed E-state index contributed by atoms with van der Waals surface area (Å²) in [6.07, 6.45) is 0. The Bertz CT molecular complexity index is 294. The van der Waals surface area contributed by atoms with Crippen LogP contribution in [-0.4, -0.2) is 67.2 Å². The molecular weight excluding hydrogens is 234 g/mol. The van der Waals surface area contributed by atoms with Crippen LogP contribution < -0.4 is 5.32 Å². The maximum atomic E-state index is 11.5. The summed E-state index contributed by atoms with van der Waals surface area (Å²) >= 11 is 0. The van der Waals surface area contributed by atoms with Crippen LogP contribution in [0.1, 0.15) is 20.8 Å². The average Bonchev–Trinajstić information content (AvgIpc) is 2.70. The Morgan fingerprint density at radius 2 is 2.28 bits per heavy atom. The monoisotopic (exact) mass is 257 g/mol. The third-order valence-corrected chi connectivity index (χ3v) is 2.97. The summed E-state index contributed by atoms with van der Waals surface area (Å²) in [6.45, 7) is 9.31. The molecule has 1 N–H and O–H groups in total. The van der Waals surface area contributed by atoms with Gasteiger partial charge < -0.3 is 15.0 Å². The maximum absolute atomic E-state index is 11.5. The van der Waals surface area contributed by atoms with Crippen molar-refractivity contribution in [2.75, 3.05) is 39.3 Å². The molecule has 1 aliphatic rings. The highest BCUT2D eigenvalue weighted by atomic mass is 16.5. The zero-order chi connectivity index (χ0) is 13.5. The van der Waals surface area contributed by atoms with Gasteiger partial charge in [0.15, 0.2) is 0 Å². The van der Waals surface area contributed by atoms with Crippen molar-refractivity contribution in [1.82, 2.24) is 15.1 Å². The fourth-order valence-electron chi connectivity index (χ4n) is 1.87. The first-order chi connectivity index (χ1) is 8.54. The third-order valence-electron chi connectivity index (χ3n) is 2.97. The number of ether oxygens (including phenoxy) is 1. The van der Waals surface area contributed by atoms with Gasteiger partial charge in [-0.15, -0.1) is 0 Å². The zero-order valence-electron chi connectivity index (χ0n) is 11.4. The minimum Gasteiger partial charge on any atom is -0.465 e. The lowest BCUT2D eigenvalue weighted by Crippen LogP contribution is -2.42. The van der Waals surface area contributed by atoms with Gasteiger partial charge in [0, 0.05) is 32.2 Å². The second kappa shape index (κ2) is 7.20. The summed E-state index contributed by atoms with van der Waals surface area (Å²) in [5.74, 6) is -0.211. The van der Waals surface area contributed by atoms with Gasteiger partial charge in [0.05, 0.1) is 13.2 Å². The predicted octanol–water partition coefficient (Wildman–Crippen LogP) is 0.285. The largest absolute Gasteiger partial charge is 0.465 e. The van der Waals surface area contributed by atoms with Crippen LogP contribution in [0.4, 0.5) is 4.79 Å². The Hall–Kier alpha value is -1.30. The normalized spacial score (nSPS) is 15.4. The first kappa shape index (κ1) is 14.8. The fraction of sp³-hybridized carbons (Fsp3) is 0.833. The number of carbonyl (C=O) groups is 2. The molecule has 104 valence electrons. The molecule has 6 heteroatoms. The number of carbonyl (C=O) groups excluding carboxylic acids is 2. The van der Waals surface area contributed by atoms with Gasteiger partial charge in [-0.3, -0.25) is 9.69 Å². The Morgan fingerprint density at radius 3 is 2.78 bits per heavy atom. The van der Waals surface area contributed by atoms with Crippen molar-refractivity contribution < 1.29 is 14.3 Å². The van der Waals surface area contributed by atoms with Crippen LogP contribution in [0.2, 0.25) is 0 Å². The van der Waals surface area contributed by atoms with Crippen molar-refractivity contribution in [2.24, 2.45) is 0 Å². The maximum Gasteiger partial charge on any atom is 0.320 e. The molecule has 0 unspecified atom stereocenters. The van der Waals surface area contributed by atoms with Crippen LogP contribution >= 0.6 is 0 Å². The highest BCUT2D eigenvalue weighted by Gasteiger charge is 2.21. The summed E-state index contributed by atoms with van der Waals surface area (Å²) in [5, 5.41) is 2.76. The minimum atomic E-state index is -0.211. The van der Waals surface area contributed by atoms with Crippen LogP contribution in [0, 0.1) is 0 Å². The second-order valence-corrected chi connectivity index (χ2v) is 4.59. The van der Waals surface area contributed by atoms with Gasteiger partial charge in [-0.25, -0.2) is 4.79 Å². The molecule has 0 aliphatic carbocycles. The Balaban J connectivity index is 2.37. The number of urea groups is 1. The zero-order valence-corrected chi connectivity index (χ0v) is 11.4. The standard InChI is InChI=1S/C12H23N3O3/c1-4-18-11(16)9-15(10(2)3)8-7-14-6-5-13-12(14)17/h10H,4-9H2,1-3H3,(H,13,17). The van der Waals surface area contributed by atoms with Crippen molar-refractivity contribution in [1.29, 1.82) is 0 Å². The van der Waals surface area contributed by atoms with Gasteiger partial charge in [0.25, 0.3) is 0 Å². The van der Waals surface area contributed by atoms with Gasteiger partial charge in [-0.2, -0.15) is 0 Å². The first-order valence-corrected chi connectivity index (χ1v) is 6.47. The molecule has 1 aliphatic heterocycles. The summed E-state index contributed by atoms with van der Waals surface area (Å²) < 4.78 is 4.94. The number of rotatable bonds is 7. The van der Waals surface area contributed by atoms with E-state index in [1.54, 1.807) is 11.8 Å². The predicted molar refractivity (Wildman–Crippen MR) is 68.3 cm³/mol. The van der Waals surface area contributed by atoms with Gasteiger partial charge in [-0.1, -0.05) is 0 Å².